The van der Waals surface area contributed by atoms with Crippen molar-refractivity contribution in [1.82, 2.24) is 42.5 Å². The quantitative estimate of drug-likeness (QED) is 0.0396. The van der Waals surface area contributed by atoms with Gasteiger partial charge in [-0.25, -0.2) is 4.79 Å². The molecular formula is C88H95Cl2N9O33. The maximum Gasteiger partial charge on any atom is 0.330 e. The summed E-state index contributed by atoms with van der Waals surface area (Å²) >= 11 is 14.7. The summed E-state index contributed by atoms with van der Waals surface area (Å²) in [6, 6.07) is 0.558. The summed E-state index contributed by atoms with van der Waals surface area (Å²) in [7, 11) is 0. The Bertz CT molecular complexity index is 5600. The largest absolute Gasteiger partial charge is 0.508 e. The number of nitrogens with one attached hydrogen (secondary N) is 8. The molecule has 16 rings (SSSR count). The number of nitrogens with two attached hydrogens (primary N) is 1. The van der Waals surface area contributed by atoms with Gasteiger partial charge in [0.2, 0.25) is 65.6 Å². The van der Waals surface area contributed by atoms with Crippen LogP contribution in [0.2, 0.25) is 10.0 Å². The molecular weight excluding hydrogens is 1780 g/mol. The van der Waals surface area contributed by atoms with Crippen LogP contribution in [-0.4, -0.2) is 254 Å². The van der Waals surface area contributed by atoms with Crippen molar-refractivity contribution >= 4 is 76.4 Å². The van der Waals surface area contributed by atoms with E-state index >= 15 is 24.0 Å². The zero-order chi connectivity index (χ0) is 94.7. The molecule has 0 saturated carbocycles. The molecule has 42 nitrogen and oxygen atoms in total. The number of aliphatic carboxylic acids is 1. The van der Waals surface area contributed by atoms with Crippen molar-refractivity contribution in [2.75, 3.05) is 19.8 Å². The number of phenolic OH excluding ortho intramolecular Hbond substituents is 4. The van der Waals surface area contributed by atoms with Crippen molar-refractivity contribution in [2.45, 2.75) is 199 Å². The number of fused-ring (bicyclic) bond motifs is 14. The van der Waals surface area contributed by atoms with Gasteiger partial charge in [-0.1, -0.05) is 79.4 Å². The van der Waals surface area contributed by atoms with Gasteiger partial charge < -0.3 is 167 Å². The number of allylic oxidation sites excluding steroid dienone is 2. The van der Waals surface area contributed by atoms with Gasteiger partial charge in [0.05, 0.1) is 29.9 Å². The number of ether oxygens (including phenoxy) is 9. The van der Waals surface area contributed by atoms with E-state index in [9.17, 15) is 95.8 Å². The number of amides is 8. The Balaban J connectivity index is 1.04. The van der Waals surface area contributed by atoms with Crippen molar-refractivity contribution < 1.29 is 162 Å². The summed E-state index contributed by atoms with van der Waals surface area (Å²) < 4.78 is 57.4. The number of carboxylic acids is 1. The molecule has 0 radical (unpaired) electrons. The molecule has 7 aromatic carbocycles. The van der Waals surface area contributed by atoms with Crippen LogP contribution < -0.4 is 72.0 Å². The fourth-order valence-corrected chi connectivity index (χ4v) is 16.7. The van der Waals surface area contributed by atoms with Crippen LogP contribution >= 0.6 is 23.2 Å². The van der Waals surface area contributed by atoms with Crippen LogP contribution in [-0.2, 0) is 68.5 Å². The third-order valence-electron chi connectivity index (χ3n) is 23.1. The number of phenols is 4. The number of carbonyl (C=O) groups is 9. The molecule has 8 amide bonds. The molecule has 44 heteroatoms. The predicted octanol–water partition coefficient (Wildman–Crippen LogP) is 0.940. The Hall–Kier alpha value is -12.3. The second kappa shape index (κ2) is 40.8. The van der Waals surface area contributed by atoms with Crippen LogP contribution in [0.3, 0.4) is 0 Å². The molecule has 132 heavy (non-hydrogen) atoms. The maximum absolute atomic E-state index is 17.0. The number of benzene rings is 7. The highest BCUT2D eigenvalue weighted by atomic mass is 35.5. The van der Waals surface area contributed by atoms with E-state index in [1.54, 1.807) is 6.08 Å². The third kappa shape index (κ3) is 20.6. The molecule has 17 bridgehead atoms. The van der Waals surface area contributed by atoms with Gasteiger partial charge in [-0.05, 0) is 132 Å². The van der Waals surface area contributed by atoms with Crippen LogP contribution in [0.15, 0.2) is 127 Å². The molecule has 23 atom stereocenters. The number of halogens is 2. The number of aliphatic hydroxyl groups is 10. The van der Waals surface area contributed by atoms with Crippen molar-refractivity contribution in [3.8, 4) is 80.1 Å². The normalized spacial score (nSPS) is 28.9. The zero-order valence-corrected chi connectivity index (χ0v) is 71.4. The van der Waals surface area contributed by atoms with Gasteiger partial charge in [0.1, 0.15) is 156 Å². The number of aliphatic hydroxyl groups excluding tert-OH is 10. The first kappa shape index (κ1) is 95.8. The first-order valence-electron chi connectivity index (χ1n) is 41.7. The first-order chi connectivity index (χ1) is 63.0. The van der Waals surface area contributed by atoms with Gasteiger partial charge in [0, 0.05) is 48.6 Å². The number of unbranched alkanes of at least 4 members (excludes halogenated alkanes) is 3. The second-order valence-electron chi connectivity index (χ2n) is 32.3. The van der Waals surface area contributed by atoms with E-state index in [0.717, 1.165) is 111 Å². The van der Waals surface area contributed by atoms with E-state index in [4.69, 9.17) is 71.6 Å². The van der Waals surface area contributed by atoms with E-state index in [1.165, 1.54) is 30.3 Å². The molecule has 7 aromatic rings. The van der Waals surface area contributed by atoms with Crippen LogP contribution in [0.5, 0.6) is 69.0 Å². The van der Waals surface area contributed by atoms with Gasteiger partial charge in [0.15, 0.2) is 35.3 Å². The van der Waals surface area contributed by atoms with Gasteiger partial charge in [-0.15, -0.1) is 0 Å². The van der Waals surface area contributed by atoms with E-state index in [-0.39, 0.29) is 46.2 Å². The Morgan fingerprint density at radius 3 is 1.70 bits per heavy atom. The molecule has 704 valence electrons. The standard InChI is InChI=1S/C88H95Cl2N9O33/c1-3-4-5-6-7-8-9-10-60(108)94-68-74(113)71(110)58(32-101)129-87(68)132-78-55-26-40-27-56(78)126-52-18-14-38(24-47(52)90)77(131-86-67(92-34(2)103)73(112)70(109)57(31-100)128-86)69-84(121)98-66(85(122)123)45-29-42(105)30-54(127-88-76(115)75(114)72(111)59(33-102)130-88)61(45)44-23-37(13-15-49(44)106)63(81(118)99-69)96-83(120)65(40)97-82(119)64-39-21-41(104)28-43(22-39)124-53-25-36(12-16-50(53)107)62(91)80(117)93-48(79(116)95-64)20-35-11-17-51(125-55)46(89)19-35/h7-8,11-19,21-30,48,57-59,62-77,86-88,100-102,104-107,109-115H,3-6,9-10,20,31-33,91H2,1-2H3,(H,92,103)(H,93,117)(H,94,108)(H,95,116)(H,96,120)(H,97,119)(H,98,121)(H,99,118)(H,122,123)/b8-7-/t48-,57-,58-,59-,62+,63-,64+,65-,66-,67-,68-,69+,70-,71-,72-,73-,74-,75+,76+,77-,86+,87+,88+/m1/s1. The highest BCUT2D eigenvalue weighted by Gasteiger charge is 2.52. The summed E-state index contributed by atoms with van der Waals surface area (Å²) in [4.78, 5) is 138. The predicted molar refractivity (Wildman–Crippen MR) is 453 cm³/mol. The zero-order valence-electron chi connectivity index (χ0n) is 69.9. The first-order valence-corrected chi connectivity index (χ1v) is 42.5. The molecule has 9 aliphatic heterocycles. The topological polar surface area (TPSA) is 662 Å². The average molecular weight is 1880 g/mol. The number of rotatable bonds is 19. The minimum atomic E-state index is -2.59. The highest BCUT2D eigenvalue weighted by Crippen LogP contribution is 2.51. The fraction of sp³-hybridized carbons (Fsp3) is 0.398. The van der Waals surface area contributed by atoms with E-state index < -0.39 is 316 Å². The number of carbonyl (C=O) groups excluding carboxylic acids is 8. The van der Waals surface area contributed by atoms with Gasteiger partial charge in [-0.3, -0.25) is 38.4 Å². The smallest absolute Gasteiger partial charge is 0.330 e. The van der Waals surface area contributed by atoms with Gasteiger partial charge in [0.25, 0.3) is 0 Å². The Kier molecular flexibility index (Phi) is 29.6. The average Bonchev–Trinajstić information content (AvgIpc) is 0.757. The summed E-state index contributed by atoms with van der Waals surface area (Å²) in [5, 5.41) is 190. The third-order valence-corrected chi connectivity index (χ3v) is 23.7. The summed E-state index contributed by atoms with van der Waals surface area (Å²) in [5.41, 5.74) is 2.76. The number of hydrogen-bond donors (Lipinski definition) is 24. The van der Waals surface area contributed by atoms with Crippen LogP contribution in [0, 0.1) is 0 Å². The lowest BCUT2D eigenvalue weighted by Gasteiger charge is -2.44. The lowest BCUT2D eigenvalue weighted by molar-refractivity contribution is -0.284. The number of hydrogen-bond acceptors (Lipinski definition) is 33. The molecule has 3 saturated heterocycles. The molecule has 9 aliphatic rings. The highest BCUT2D eigenvalue weighted by molar-refractivity contribution is 6.32. The summed E-state index contributed by atoms with van der Waals surface area (Å²) in [6.45, 7) is -0.149. The van der Waals surface area contributed by atoms with Gasteiger partial charge in [-0.2, -0.15) is 0 Å². The number of aromatic hydroxyl groups is 4. The van der Waals surface area contributed by atoms with E-state index in [1.807, 2.05) is 13.0 Å². The minimum Gasteiger partial charge on any atom is -0.508 e. The molecule has 0 aromatic heterocycles. The second-order valence-corrected chi connectivity index (χ2v) is 33.2. The van der Waals surface area contributed by atoms with E-state index in [0.29, 0.717) is 6.42 Å². The molecule has 25 N–H and O–H groups in total. The van der Waals surface area contributed by atoms with Crippen LogP contribution in [0.1, 0.15) is 128 Å². The molecule has 0 aliphatic carbocycles. The lowest BCUT2D eigenvalue weighted by Crippen LogP contribution is -2.65. The maximum atomic E-state index is 17.0. The van der Waals surface area contributed by atoms with Crippen molar-refractivity contribution in [3.05, 3.63) is 176 Å². The molecule has 3 fully saturated rings. The summed E-state index contributed by atoms with van der Waals surface area (Å²) in [5.74, 6) is -19.7. The van der Waals surface area contributed by atoms with Crippen molar-refractivity contribution in [3.63, 3.8) is 0 Å². The monoisotopic (exact) mass is 1880 g/mol. The molecule has 0 unspecified atom stereocenters. The molecule has 0 spiro atoms. The number of carboxylic acid groups (broad SMARTS) is 1. The Morgan fingerprint density at radius 2 is 1.07 bits per heavy atom. The van der Waals surface area contributed by atoms with E-state index in [2.05, 4.69) is 42.5 Å². The van der Waals surface area contributed by atoms with Crippen molar-refractivity contribution in [2.24, 2.45) is 5.73 Å². The molecule has 9 heterocycles. The van der Waals surface area contributed by atoms with Crippen molar-refractivity contribution in [1.29, 1.82) is 0 Å². The Morgan fingerprint density at radius 1 is 0.508 bits per heavy atom. The fourth-order valence-electron chi connectivity index (χ4n) is 16.2. The SMILES string of the molecule is CCCCC/C=C\CCC(=O)N[C@H]1[C@H](Oc2c3cc4cc2Oc2ccc(cc2Cl)[C@@H](O[C@@H]2O[C@H](CO)[C@@H](O)[C@H](O)[C@H]2NC(C)=O)[C@@H]2NC(=O)[C@H](NC(=O)[C@@H]4NC(=O)[C@H]4NC(=O)[C@@H](Cc5ccc(c(Cl)c5)O3)NC(=O)[C@@H](N)c3ccc(O)c(c3)Oc3cc(O)cc4c3)c3ccc(O)c(c3)-c3c(O[C@H]4O[C@H](CO)[C@@H](O)[C@H](O)[C@@H]4O)cc(O)cc3[C@H](C(=O)O)NC2=O)O[C@H](CO)[C@@H](O)[C@@H]1O. The Labute approximate surface area is 759 Å². The van der Waals surface area contributed by atoms with Crippen LogP contribution in [0.4, 0.5) is 0 Å². The minimum absolute atomic E-state index is 0.0251. The van der Waals surface area contributed by atoms with Crippen LogP contribution in [0.25, 0.3) is 11.1 Å². The summed E-state index contributed by atoms with van der Waals surface area (Å²) in [6.07, 6.45) is -22.2. The van der Waals surface area contributed by atoms with Gasteiger partial charge >= 0.3 is 5.97 Å². The lowest BCUT2D eigenvalue weighted by atomic mass is 9.89.